The summed E-state index contributed by atoms with van der Waals surface area (Å²) in [6.07, 6.45) is 5.01. The maximum absolute atomic E-state index is 12.1. The van der Waals surface area contributed by atoms with E-state index >= 15 is 0 Å². The summed E-state index contributed by atoms with van der Waals surface area (Å²) in [4.78, 5) is 0. The maximum atomic E-state index is 12.1. The topological polar surface area (TPSA) is 57.6 Å². The molecule has 0 bridgehead atoms. The van der Waals surface area contributed by atoms with E-state index in [1.165, 1.54) is 0 Å². The first-order valence-corrected chi connectivity index (χ1v) is 8.88. The van der Waals surface area contributed by atoms with Crippen LogP contribution >= 0.6 is 11.6 Å². The Balaban J connectivity index is 2.02. The highest BCUT2D eigenvalue weighted by molar-refractivity contribution is 7.89. The lowest BCUT2D eigenvalue weighted by Crippen LogP contribution is -2.54. The molecule has 0 aromatic carbocycles. The molecular formula is C12H22ClNO3S. The van der Waals surface area contributed by atoms with Crippen molar-refractivity contribution in [2.24, 2.45) is 5.92 Å². The number of sulfonamides is 1. The Morgan fingerprint density at radius 2 is 2.11 bits per heavy atom. The van der Waals surface area contributed by atoms with Gasteiger partial charge in [-0.2, -0.15) is 0 Å². The monoisotopic (exact) mass is 295 g/mol. The zero-order chi connectivity index (χ0) is 13.2. The molecule has 106 valence electrons. The average molecular weight is 296 g/mol. The van der Waals surface area contributed by atoms with Crippen molar-refractivity contribution in [2.75, 3.05) is 24.7 Å². The first-order valence-electron chi connectivity index (χ1n) is 6.74. The molecule has 1 saturated carbocycles. The van der Waals surface area contributed by atoms with Crippen LogP contribution in [0.2, 0.25) is 0 Å². The number of hydrogen-bond donors (Lipinski definition) is 1. The van der Waals surface area contributed by atoms with Crippen LogP contribution in [0.5, 0.6) is 0 Å². The van der Waals surface area contributed by atoms with Crippen LogP contribution in [-0.4, -0.2) is 48.2 Å². The molecule has 18 heavy (non-hydrogen) atoms. The third-order valence-corrected chi connectivity index (χ3v) is 6.51. The fraction of sp³-hybridized carbons (Fsp3) is 1.00. The van der Waals surface area contributed by atoms with Crippen molar-refractivity contribution >= 4 is 21.6 Å². The molecule has 1 aliphatic heterocycles. The second-order valence-corrected chi connectivity index (χ2v) is 7.98. The van der Waals surface area contributed by atoms with Crippen molar-refractivity contribution < 1.29 is 13.5 Å². The molecule has 2 fully saturated rings. The number of hydrogen-bond acceptors (Lipinski definition) is 3. The van der Waals surface area contributed by atoms with Crippen molar-refractivity contribution in [1.82, 2.24) is 4.31 Å². The molecule has 1 saturated heterocycles. The molecule has 4 nitrogen and oxygen atoms in total. The molecule has 0 aromatic rings. The van der Waals surface area contributed by atoms with Gasteiger partial charge >= 0.3 is 0 Å². The minimum Gasteiger partial charge on any atom is -0.390 e. The van der Waals surface area contributed by atoms with Crippen LogP contribution in [0.15, 0.2) is 0 Å². The first-order chi connectivity index (χ1) is 8.48. The summed E-state index contributed by atoms with van der Waals surface area (Å²) in [5.41, 5.74) is -0.614. The number of fused-ring (bicyclic) bond motifs is 1. The molecule has 2 atom stereocenters. The molecule has 1 heterocycles. The maximum Gasteiger partial charge on any atom is 0.214 e. The fourth-order valence-corrected chi connectivity index (χ4v) is 5.00. The van der Waals surface area contributed by atoms with E-state index in [2.05, 4.69) is 0 Å². The van der Waals surface area contributed by atoms with E-state index in [1.807, 2.05) is 0 Å². The van der Waals surface area contributed by atoms with Crippen LogP contribution in [0, 0.1) is 5.92 Å². The van der Waals surface area contributed by atoms with Gasteiger partial charge in [-0.25, -0.2) is 12.7 Å². The van der Waals surface area contributed by atoms with Gasteiger partial charge in [0.2, 0.25) is 10.0 Å². The van der Waals surface area contributed by atoms with Gasteiger partial charge in [0, 0.05) is 24.9 Å². The minimum absolute atomic E-state index is 0.116. The molecule has 2 unspecified atom stereocenters. The molecule has 2 rings (SSSR count). The zero-order valence-electron chi connectivity index (χ0n) is 10.6. The Hall–Kier alpha value is 0.160. The molecule has 6 heteroatoms. The predicted molar refractivity (Wildman–Crippen MR) is 72.2 cm³/mol. The van der Waals surface area contributed by atoms with Crippen molar-refractivity contribution in [2.45, 2.75) is 44.1 Å². The third kappa shape index (κ3) is 3.00. The summed E-state index contributed by atoms with van der Waals surface area (Å²) in [6, 6.07) is 0. The van der Waals surface area contributed by atoms with Crippen LogP contribution in [-0.2, 0) is 10.0 Å². The Bertz CT molecular complexity index is 387. The molecule has 0 spiro atoms. The van der Waals surface area contributed by atoms with E-state index < -0.39 is 15.6 Å². The molecule has 1 N–H and O–H groups in total. The molecule has 2 aliphatic rings. The number of piperidine rings is 1. The summed E-state index contributed by atoms with van der Waals surface area (Å²) in [7, 11) is -3.19. The summed E-state index contributed by atoms with van der Waals surface area (Å²) in [6.45, 7) is 0.943. The predicted octanol–water partition coefficient (Wildman–Crippen LogP) is 1.57. The van der Waals surface area contributed by atoms with E-state index in [4.69, 9.17) is 11.6 Å². The summed E-state index contributed by atoms with van der Waals surface area (Å²) in [5, 5.41) is 10.5. The number of halogens is 1. The Morgan fingerprint density at radius 3 is 2.83 bits per heavy atom. The molecular weight excluding hydrogens is 274 g/mol. The number of nitrogens with zero attached hydrogens (tertiary/aromatic N) is 1. The van der Waals surface area contributed by atoms with Crippen LogP contribution in [0.25, 0.3) is 0 Å². The summed E-state index contributed by atoms with van der Waals surface area (Å²) in [5.74, 6) is 0.619. The van der Waals surface area contributed by atoms with Crippen molar-refractivity contribution in [1.29, 1.82) is 0 Å². The van der Waals surface area contributed by atoms with Crippen molar-refractivity contribution in [3.63, 3.8) is 0 Å². The Kier molecular flexibility index (Phi) is 4.57. The Morgan fingerprint density at radius 1 is 1.33 bits per heavy atom. The van der Waals surface area contributed by atoms with E-state index in [-0.39, 0.29) is 11.7 Å². The highest BCUT2D eigenvalue weighted by Crippen LogP contribution is 2.40. The van der Waals surface area contributed by atoms with Crippen molar-refractivity contribution in [3.05, 3.63) is 0 Å². The Labute approximate surface area is 114 Å². The second kappa shape index (κ2) is 5.65. The van der Waals surface area contributed by atoms with Gasteiger partial charge < -0.3 is 5.11 Å². The lowest BCUT2D eigenvalue weighted by atomic mass is 9.72. The highest BCUT2D eigenvalue weighted by Gasteiger charge is 2.44. The van der Waals surface area contributed by atoms with Gasteiger partial charge in [-0.1, -0.05) is 12.8 Å². The standard InChI is InChI=1S/C12H22ClNO3S/c13-7-3-9-18(16,17)14-8-6-12(15)5-2-1-4-11(12)10-14/h11,15H,1-10H2. The van der Waals surface area contributed by atoms with Crippen LogP contribution in [0.3, 0.4) is 0 Å². The van der Waals surface area contributed by atoms with Crippen molar-refractivity contribution in [3.8, 4) is 0 Å². The summed E-state index contributed by atoms with van der Waals surface area (Å²) >= 11 is 5.56. The minimum atomic E-state index is -3.19. The highest BCUT2D eigenvalue weighted by atomic mass is 35.5. The van der Waals surface area contributed by atoms with Crippen LogP contribution in [0.4, 0.5) is 0 Å². The van der Waals surface area contributed by atoms with Gasteiger partial charge in [0.25, 0.3) is 0 Å². The number of alkyl halides is 1. The number of rotatable bonds is 4. The van der Waals surface area contributed by atoms with E-state index in [0.717, 1.165) is 25.7 Å². The molecule has 0 aromatic heterocycles. The third-order valence-electron chi connectivity index (χ3n) is 4.32. The van der Waals surface area contributed by atoms with Crippen LogP contribution < -0.4 is 0 Å². The van der Waals surface area contributed by atoms with E-state index in [9.17, 15) is 13.5 Å². The smallest absolute Gasteiger partial charge is 0.214 e. The molecule has 0 radical (unpaired) electrons. The average Bonchev–Trinajstić information content (AvgIpc) is 2.35. The first kappa shape index (κ1) is 14.6. The second-order valence-electron chi connectivity index (χ2n) is 5.51. The summed E-state index contributed by atoms with van der Waals surface area (Å²) < 4.78 is 25.8. The van der Waals surface area contributed by atoms with Gasteiger partial charge in [0.1, 0.15) is 0 Å². The van der Waals surface area contributed by atoms with Gasteiger partial charge in [-0.05, 0) is 25.7 Å². The largest absolute Gasteiger partial charge is 0.390 e. The van der Waals surface area contributed by atoms with Gasteiger partial charge in [0.15, 0.2) is 0 Å². The van der Waals surface area contributed by atoms with Gasteiger partial charge in [0.05, 0.1) is 11.4 Å². The lowest BCUT2D eigenvalue weighted by Gasteiger charge is -2.46. The quantitative estimate of drug-likeness (QED) is 0.801. The SMILES string of the molecule is O=S(=O)(CCCCl)N1CCC2(O)CCCCC2C1. The van der Waals surface area contributed by atoms with Gasteiger partial charge in [-0.3, -0.25) is 0 Å². The zero-order valence-corrected chi connectivity index (χ0v) is 12.2. The molecule has 0 amide bonds. The van der Waals surface area contributed by atoms with E-state index in [0.29, 0.717) is 31.8 Å². The van der Waals surface area contributed by atoms with Crippen LogP contribution in [0.1, 0.15) is 38.5 Å². The number of aliphatic hydroxyl groups is 1. The lowest BCUT2D eigenvalue weighted by molar-refractivity contribution is -0.0816. The normalized spacial score (nSPS) is 34.2. The van der Waals surface area contributed by atoms with Gasteiger partial charge in [-0.15, -0.1) is 11.6 Å². The molecule has 1 aliphatic carbocycles. The van der Waals surface area contributed by atoms with E-state index in [1.54, 1.807) is 4.31 Å². The fourth-order valence-electron chi connectivity index (χ4n) is 3.16.